The highest BCUT2D eigenvalue weighted by Crippen LogP contribution is 2.27. The molecule has 5 nitrogen and oxygen atoms in total. The number of nitrogens with one attached hydrogen (secondary N) is 1. The van der Waals surface area contributed by atoms with Gasteiger partial charge in [0, 0.05) is 12.7 Å². The maximum atomic E-state index is 5.52. The lowest BCUT2D eigenvalue weighted by atomic mass is 10.4. The van der Waals surface area contributed by atoms with Crippen LogP contribution in [-0.4, -0.2) is 34.3 Å². The monoisotopic (exact) mass is 418 g/mol. The van der Waals surface area contributed by atoms with Crippen molar-refractivity contribution in [3.8, 4) is 0 Å². The van der Waals surface area contributed by atoms with Crippen LogP contribution < -0.4 is 5.32 Å². The summed E-state index contributed by atoms with van der Waals surface area (Å²) in [5.41, 5.74) is 0.998. The number of hydrogen-bond acceptors (Lipinski definition) is 4. The van der Waals surface area contributed by atoms with Gasteiger partial charge in [-0.25, -0.2) is 0 Å². The Hall–Kier alpha value is -0.790. The Bertz CT molecular complexity index is 544. The van der Waals surface area contributed by atoms with Gasteiger partial charge >= 0.3 is 0 Å². The minimum absolute atomic E-state index is 0.631. The maximum absolute atomic E-state index is 5.52. The molecule has 2 heterocycles. The molecule has 0 spiro atoms. The van der Waals surface area contributed by atoms with Gasteiger partial charge in [-0.2, -0.15) is 5.10 Å². The molecule has 7 heteroatoms. The number of anilines is 1. The van der Waals surface area contributed by atoms with E-state index in [-0.39, 0.29) is 0 Å². The standard InChI is InChI=1S/C14H20Br2N4O/c1-3-19(4-2)5-6-20-10-11(8-18-20)17-9-12-7-13(15)14(16)21-12/h7-8,10,17H,3-6,9H2,1-2H3. The van der Waals surface area contributed by atoms with E-state index in [4.69, 9.17) is 4.42 Å². The summed E-state index contributed by atoms with van der Waals surface area (Å²) in [4.78, 5) is 2.38. The molecular weight excluding hydrogens is 400 g/mol. The van der Waals surface area contributed by atoms with Gasteiger partial charge in [0.2, 0.25) is 0 Å². The van der Waals surface area contributed by atoms with Crippen LogP contribution in [0.25, 0.3) is 0 Å². The van der Waals surface area contributed by atoms with Crippen molar-refractivity contribution < 1.29 is 4.42 Å². The molecule has 0 amide bonds. The zero-order chi connectivity index (χ0) is 15.2. The maximum Gasteiger partial charge on any atom is 0.183 e. The zero-order valence-electron chi connectivity index (χ0n) is 12.3. The van der Waals surface area contributed by atoms with E-state index in [1.54, 1.807) is 0 Å². The first-order valence-corrected chi connectivity index (χ1v) is 8.63. The summed E-state index contributed by atoms with van der Waals surface area (Å²) in [6, 6.07) is 1.95. The zero-order valence-corrected chi connectivity index (χ0v) is 15.4. The van der Waals surface area contributed by atoms with Crippen molar-refractivity contribution in [1.82, 2.24) is 14.7 Å². The summed E-state index contributed by atoms with van der Waals surface area (Å²) in [7, 11) is 0. The van der Waals surface area contributed by atoms with Crippen molar-refractivity contribution in [3.05, 3.63) is 33.4 Å². The third-order valence-corrected chi connectivity index (χ3v) is 5.05. The summed E-state index contributed by atoms with van der Waals surface area (Å²) in [5.74, 6) is 0.865. The number of furan rings is 1. The Labute approximate surface area is 141 Å². The van der Waals surface area contributed by atoms with Crippen LogP contribution in [0.4, 0.5) is 5.69 Å². The lowest BCUT2D eigenvalue weighted by Crippen LogP contribution is -2.27. The molecule has 0 aromatic carbocycles. The molecular formula is C14H20Br2N4O. The first kappa shape index (κ1) is 16.6. The van der Waals surface area contributed by atoms with Crippen molar-refractivity contribution in [2.45, 2.75) is 26.9 Å². The average molecular weight is 420 g/mol. The molecule has 21 heavy (non-hydrogen) atoms. The van der Waals surface area contributed by atoms with Crippen LogP contribution in [0.1, 0.15) is 19.6 Å². The fourth-order valence-electron chi connectivity index (χ4n) is 2.03. The van der Waals surface area contributed by atoms with Gasteiger partial charge in [-0.1, -0.05) is 13.8 Å². The summed E-state index contributed by atoms with van der Waals surface area (Å²) < 4.78 is 9.13. The van der Waals surface area contributed by atoms with Gasteiger partial charge in [-0.3, -0.25) is 4.68 Å². The SMILES string of the molecule is CCN(CC)CCn1cc(NCc2cc(Br)c(Br)o2)cn1. The smallest absolute Gasteiger partial charge is 0.183 e. The van der Waals surface area contributed by atoms with Crippen molar-refractivity contribution in [2.75, 3.05) is 25.0 Å². The van der Waals surface area contributed by atoms with E-state index in [9.17, 15) is 0 Å². The van der Waals surface area contributed by atoms with E-state index >= 15 is 0 Å². The number of likely N-dealkylation sites (N-methyl/N-ethyl adjacent to an activating group) is 1. The van der Waals surface area contributed by atoms with Gasteiger partial charge in [0.25, 0.3) is 0 Å². The molecule has 0 unspecified atom stereocenters. The summed E-state index contributed by atoms with van der Waals surface area (Å²) in [6.07, 6.45) is 3.87. The Morgan fingerprint density at radius 3 is 2.71 bits per heavy atom. The Morgan fingerprint density at radius 2 is 2.10 bits per heavy atom. The van der Waals surface area contributed by atoms with Gasteiger partial charge in [0.15, 0.2) is 4.67 Å². The van der Waals surface area contributed by atoms with Gasteiger partial charge in [-0.05, 0) is 51.0 Å². The van der Waals surface area contributed by atoms with Crippen molar-refractivity contribution >= 4 is 37.5 Å². The molecule has 0 aliphatic heterocycles. The van der Waals surface area contributed by atoms with E-state index < -0.39 is 0 Å². The molecule has 1 N–H and O–H groups in total. The number of hydrogen-bond donors (Lipinski definition) is 1. The lowest BCUT2D eigenvalue weighted by Gasteiger charge is -2.17. The third-order valence-electron chi connectivity index (χ3n) is 3.34. The molecule has 116 valence electrons. The van der Waals surface area contributed by atoms with Crippen molar-refractivity contribution in [1.29, 1.82) is 0 Å². The highest BCUT2D eigenvalue weighted by molar-refractivity contribution is 9.13. The Kier molecular flexibility index (Phi) is 6.32. The topological polar surface area (TPSA) is 46.2 Å². The first-order valence-electron chi connectivity index (χ1n) is 7.04. The molecule has 0 bridgehead atoms. The normalized spacial score (nSPS) is 11.3. The van der Waals surface area contributed by atoms with E-state index in [2.05, 4.69) is 61.0 Å². The molecule has 0 saturated carbocycles. The van der Waals surface area contributed by atoms with E-state index in [1.165, 1.54) is 0 Å². The Morgan fingerprint density at radius 1 is 1.33 bits per heavy atom. The van der Waals surface area contributed by atoms with Crippen LogP contribution in [0.2, 0.25) is 0 Å². The number of rotatable bonds is 8. The third kappa shape index (κ3) is 4.86. The van der Waals surface area contributed by atoms with Crippen LogP contribution in [-0.2, 0) is 13.1 Å². The summed E-state index contributed by atoms with van der Waals surface area (Å²) in [6.45, 7) is 9.06. The number of halogens is 2. The highest BCUT2D eigenvalue weighted by atomic mass is 79.9. The molecule has 0 atom stereocenters. The molecule has 0 radical (unpaired) electrons. The average Bonchev–Trinajstić information content (AvgIpc) is 3.05. The molecule has 2 aromatic heterocycles. The second-order valence-electron chi connectivity index (χ2n) is 4.71. The lowest BCUT2D eigenvalue weighted by molar-refractivity contribution is 0.285. The minimum Gasteiger partial charge on any atom is -0.451 e. The molecule has 0 fully saturated rings. The van der Waals surface area contributed by atoms with Crippen LogP contribution in [0.5, 0.6) is 0 Å². The summed E-state index contributed by atoms with van der Waals surface area (Å²) >= 11 is 6.74. The molecule has 0 aliphatic carbocycles. The fraction of sp³-hybridized carbons (Fsp3) is 0.500. The van der Waals surface area contributed by atoms with Gasteiger partial charge in [-0.15, -0.1) is 0 Å². The van der Waals surface area contributed by atoms with Crippen molar-refractivity contribution in [3.63, 3.8) is 0 Å². The van der Waals surface area contributed by atoms with Gasteiger partial charge in [0.1, 0.15) is 5.76 Å². The first-order chi connectivity index (χ1) is 10.1. The summed E-state index contributed by atoms with van der Waals surface area (Å²) in [5, 5.41) is 7.68. The molecule has 0 aliphatic rings. The second-order valence-corrected chi connectivity index (χ2v) is 6.28. The second kappa shape index (κ2) is 8.00. The van der Waals surface area contributed by atoms with Gasteiger partial charge in [0.05, 0.1) is 29.4 Å². The molecule has 2 rings (SSSR count). The molecule has 2 aromatic rings. The van der Waals surface area contributed by atoms with Crippen LogP contribution in [0.3, 0.4) is 0 Å². The number of nitrogens with zero attached hydrogens (tertiary/aromatic N) is 3. The van der Waals surface area contributed by atoms with Crippen LogP contribution in [0, 0.1) is 0 Å². The Balaban J connectivity index is 1.82. The molecule has 0 saturated heterocycles. The highest BCUT2D eigenvalue weighted by Gasteiger charge is 2.06. The number of aromatic nitrogens is 2. The van der Waals surface area contributed by atoms with E-state index in [0.717, 1.165) is 42.1 Å². The van der Waals surface area contributed by atoms with E-state index in [0.29, 0.717) is 11.2 Å². The van der Waals surface area contributed by atoms with Gasteiger partial charge < -0.3 is 14.6 Å². The largest absolute Gasteiger partial charge is 0.451 e. The quantitative estimate of drug-likeness (QED) is 0.703. The van der Waals surface area contributed by atoms with Crippen LogP contribution >= 0.6 is 31.9 Å². The van der Waals surface area contributed by atoms with E-state index in [1.807, 2.05) is 23.1 Å². The fourth-order valence-corrected chi connectivity index (χ4v) is 2.69. The predicted octanol–water partition coefficient (Wildman–Crippen LogP) is 3.96. The van der Waals surface area contributed by atoms with Crippen LogP contribution in [0.15, 0.2) is 32.0 Å². The van der Waals surface area contributed by atoms with Crippen molar-refractivity contribution in [2.24, 2.45) is 0 Å². The predicted molar refractivity (Wildman–Crippen MR) is 91.4 cm³/mol. The minimum atomic E-state index is 0.631.